The Morgan fingerprint density at radius 1 is 1.40 bits per heavy atom. The first kappa shape index (κ1) is 16.4. The van der Waals surface area contributed by atoms with Crippen LogP contribution in [0.25, 0.3) is 0 Å². The highest BCUT2D eigenvalue weighted by molar-refractivity contribution is 5.56. The van der Waals surface area contributed by atoms with Crippen molar-refractivity contribution in [1.29, 1.82) is 0 Å². The van der Waals surface area contributed by atoms with Gasteiger partial charge in [-0.25, -0.2) is 0 Å². The van der Waals surface area contributed by atoms with E-state index in [1.807, 2.05) is 6.07 Å². The monoisotopic (exact) mass is 279 g/mol. The Morgan fingerprint density at radius 3 is 2.65 bits per heavy atom. The Morgan fingerprint density at radius 2 is 2.10 bits per heavy atom. The third-order valence-electron chi connectivity index (χ3n) is 3.63. The second-order valence-corrected chi connectivity index (χ2v) is 5.20. The number of nitro groups is 1. The molecule has 5 nitrogen and oxygen atoms in total. The predicted molar refractivity (Wildman–Crippen MR) is 83.1 cm³/mol. The van der Waals surface area contributed by atoms with E-state index in [9.17, 15) is 10.1 Å². The Hall–Kier alpha value is -1.62. The van der Waals surface area contributed by atoms with Gasteiger partial charge in [0.25, 0.3) is 5.69 Å². The van der Waals surface area contributed by atoms with Crippen LogP contribution in [-0.2, 0) is 6.54 Å². The van der Waals surface area contributed by atoms with Gasteiger partial charge in [-0.15, -0.1) is 0 Å². The SMILES string of the molecule is CCCNc1ccc([N+](=O)[O-])cc1CN(C)C(C)CC. The maximum Gasteiger partial charge on any atom is 0.269 e. The number of hydrogen-bond donors (Lipinski definition) is 1. The summed E-state index contributed by atoms with van der Waals surface area (Å²) in [5.74, 6) is 0. The van der Waals surface area contributed by atoms with E-state index in [1.54, 1.807) is 12.1 Å². The maximum atomic E-state index is 10.9. The molecule has 1 aromatic rings. The van der Waals surface area contributed by atoms with Crippen LogP contribution in [0.5, 0.6) is 0 Å². The lowest BCUT2D eigenvalue weighted by Crippen LogP contribution is -2.28. The van der Waals surface area contributed by atoms with Crippen LogP contribution in [0.2, 0.25) is 0 Å². The Bertz CT molecular complexity index is 449. The minimum atomic E-state index is -0.337. The number of nitro benzene ring substituents is 1. The van der Waals surface area contributed by atoms with Crippen LogP contribution in [0.15, 0.2) is 18.2 Å². The molecule has 5 heteroatoms. The molecule has 0 fully saturated rings. The van der Waals surface area contributed by atoms with Crippen LogP contribution < -0.4 is 5.32 Å². The lowest BCUT2D eigenvalue weighted by Gasteiger charge is -2.24. The van der Waals surface area contributed by atoms with Crippen molar-refractivity contribution in [3.8, 4) is 0 Å². The van der Waals surface area contributed by atoms with Crippen molar-refractivity contribution in [3.05, 3.63) is 33.9 Å². The van der Waals surface area contributed by atoms with Gasteiger partial charge in [-0.1, -0.05) is 13.8 Å². The zero-order chi connectivity index (χ0) is 15.1. The van der Waals surface area contributed by atoms with Crippen LogP contribution in [0.4, 0.5) is 11.4 Å². The fourth-order valence-electron chi connectivity index (χ4n) is 1.99. The van der Waals surface area contributed by atoms with Gasteiger partial charge in [0.2, 0.25) is 0 Å². The first-order chi connectivity index (χ1) is 9.49. The number of hydrogen-bond acceptors (Lipinski definition) is 4. The topological polar surface area (TPSA) is 58.4 Å². The van der Waals surface area contributed by atoms with Crippen molar-refractivity contribution in [2.24, 2.45) is 0 Å². The molecule has 0 bridgehead atoms. The summed E-state index contributed by atoms with van der Waals surface area (Å²) < 4.78 is 0. The fraction of sp³-hybridized carbons (Fsp3) is 0.600. The predicted octanol–water partition coefficient (Wildman–Crippen LogP) is 3.65. The smallest absolute Gasteiger partial charge is 0.269 e. The molecule has 0 heterocycles. The van der Waals surface area contributed by atoms with Crippen molar-refractivity contribution < 1.29 is 4.92 Å². The van der Waals surface area contributed by atoms with Crippen molar-refractivity contribution in [3.63, 3.8) is 0 Å². The minimum Gasteiger partial charge on any atom is -0.385 e. The number of nitrogens with one attached hydrogen (secondary N) is 1. The normalized spacial score (nSPS) is 12.4. The number of non-ortho nitro benzene ring substituents is 1. The molecule has 1 aromatic carbocycles. The highest BCUT2D eigenvalue weighted by atomic mass is 16.6. The summed E-state index contributed by atoms with van der Waals surface area (Å²) in [6, 6.07) is 5.50. The van der Waals surface area contributed by atoms with Gasteiger partial charge in [-0.2, -0.15) is 0 Å². The molecule has 1 rings (SSSR count). The van der Waals surface area contributed by atoms with Crippen molar-refractivity contribution in [2.75, 3.05) is 18.9 Å². The molecule has 1 N–H and O–H groups in total. The molecule has 1 atom stereocenters. The molecule has 0 amide bonds. The van der Waals surface area contributed by atoms with E-state index < -0.39 is 0 Å². The zero-order valence-electron chi connectivity index (χ0n) is 12.8. The summed E-state index contributed by atoms with van der Waals surface area (Å²) in [4.78, 5) is 12.8. The van der Waals surface area contributed by atoms with Crippen LogP contribution in [-0.4, -0.2) is 29.5 Å². The van der Waals surface area contributed by atoms with Crippen molar-refractivity contribution in [1.82, 2.24) is 4.90 Å². The first-order valence-electron chi connectivity index (χ1n) is 7.21. The molecule has 0 aromatic heterocycles. The highest BCUT2D eigenvalue weighted by Crippen LogP contribution is 2.24. The van der Waals surface area contributed by atoms with Gasteiger partial charge in [-0.3, -0.25) is 15.0 Å². The quantitative estimate of drug-likeness (QED) is 0.583. The van der Waals surface area contributed by atoms with Crippen molar-refractivity contribution >= 4 is 11.4 Å². The van der Waals surface area contributed by atoms with Crippen LogP contribution in [0.1, 0.15) is 39.2 Å². The van der Waals surface area contributed by atoms with Crippen LogP contribution >= 0.6 is 0 Å². The van der Waals surface area contributed by atoms with Gasteiger partial charge in [0.15, 0.2) is 0 Å². The Labute approximate surface area is 121 Å². The summed E-state index contributed by atoms with van der Waals surface area (Å²) in [5.41, 5.74) is 2.13. The maximum absolute atomic E-state index is 10.9. The summed E-state index contributed by atoms with van der Waals surface area (Å²) in [6.07, 6.45) is 2.08. The highest BCUT2D eigenvalue weighted by Gasteiger charge is 2.14. The van der Waals surface area contributed by atoms with Gasteiger partial charge >= 0.3 is 0 Å². The van der Waals surface area contributed by atoms with Crippen LogP contribution in [0, 0.1) is 10.1 Å². The largest absolute Gasteiger partial charge is 0.385 e. The lowest BCUT2D eigenvalue weighted by molar-refractivity contribution is -0.384. The molecule has 1 unspecified atom stereocenters. The van der Waals surface area contributed by atoms with E-state index >= 15 is 0 Å². The third-order valence-corrected chi connectivity index (χ3v) is 3.63. The van der Waals surface area contributed by atoms with Crippen LogP contribution in [0.3, 0.4) is 0 Å². The standard InChI is InChI=1S/C15H25N3O2/c1-5-9-16-15-8-7-14(18(19)20)10-13(15)11-17(4)12(3)6-2/h7-8,10,12,16H,5-6,9,11H2,1-4H3. The Balaban J connectivity index is 2.98. The van der Waals surface area contributed by atoms with Gasteiger partial charge in [0, 0.05) is 37.0 Å². The van der Waals surface area contributed by atoms with Crippen molar-refractivity contribution in [2.45, 2.75) is 46.2 Å². The van der Waals surface area contributed by atoms with E-state index in [1.165, 1.54) is 0 Å². The molecular formula is C15H25N3O2. The zero-order valence-corrected chi connectivity index (χ0v) is 12.8. The average Bonchev–Trinajstić information content (AvgIpc) is 2.44. The average molecular weight is 279 g/mol. The third kappa shape index (κ3) is 4.49. The van der Waals surface area contributed by atoms with Gasteiger partial charge in [0.1, 0.15) is 0 Å². The molecule has 0 saturated heterocycles. The molecule has 0 aliphatic heterocycles. The number of benzene rings is 1. The number of rotatable bonds is 8. The lowest BCUT2D eigenvalue weighted by atomic mass is 10.1. The van der Waals surface area contributed by atoms with E-state index in [4.69, 9.17) is 0 Å². The first-order valence-corrected chi connectivity index (χ1v) is 7.21. The van der Waals surface area contributed by atoms with E-state index in [0.717, 1.165) is 30.6 Å². The van der Waals surface area contributed by atoms with Gasteiger partial charge in [-0.05, 0) is 38.4 Å². The van der Waals surface area contributed by atoms with Gasteiger partial charge < -0.3 is 5.32 Å². The van der Waals surface area contributed by atoms with E-state index in [0.29, 0.717) is 12.6 Å². The summed E-state index contributed by atoms with van der Waals surface area (Å²) in [7, 11) is 2.05. The van der Waals surface area contributed by atoms with E-state index in [-0.39, 0.29) is 10.6 Å². The molecule has 0 radical (unpaired) electrons. The molecule has 0 aliphatic carbocycles. The van der Waals surface area contributed by atoms with E-state index in [2.05, 4.69) is 38.0 Å². The molecule has 20 heavy (non-hydrogen) atoms. The summed E-state index contributed by atoms with van der Waals surface area (Å²) in [5, 5.41) is 14.3. The molecule has 112 valence electrons. The number of anilines is 1. The Kier molecular flexibility index (Phi) is 6.45. The number of nitrogens with zero attached hydrogens (tertiary/aromatic N) is 2. The molecule has 0 aliphatic rings. The fourth-order valence-corrected chi connectivity index (χ4v) is 1.99. The summed E-state index contributed by atoms with van der Waals surface area (Å²) >= 11 is 0. The minimum absolute atomic E-state index is 0.152. The van der Waals surface area contributed by atoms with Gasteiger partial charge in [0.05, 0.1) is 4.92 Å². The molecule has 0 saturated carbocycles. The summed E-state index contributed by atoms with van der Waals surface area (Å²) in [6.45, 7) is 7.99. The molecule has 0 spiro atoms. The molecular weight excluding hydrogens is 254 g/mol. The second kappa shape index (κ2) is 7.85. The second-order valence-electron chi connectivity index (χ2n) is 5.20.